The molecule has 0 bridgehead atoms. The standard InChI is InChI=1S/C18H8F3NO4/c19-18(20,21)15-8-13(23)12-7-9(5-6-14(12)26-15)22-16(24)10-3-1-2-4-11(10)17(22)25/h1-8H. The van der Waals surface area contributed by atoms with Crippen LogP contribution in [0, 0.1) is 0 Å². The number of fused-ring (bicyclic) bond motifs is 2. The van der Waals surface area contributed by atoms with E-state index < -0.39 is 29.2 Å². The predicted octanol–water partition coefficient (Wildman–Crippen LogP) is 3.61. The molecular weight excluding hydrogens is 351 g/mol. The van der Waals surface area contributed by atoms with Crippen LogP contribution >= 0.6 is 0 Å². The van der Waals surface area contributed by atoms with Gasteiger partial charge in [0.25, 0.3) is 11.8 Å². The maximum absolute atomic E-state index is 12.7. The maximum atomic E-state index is 12.7. The molecule has 3 aromatic rings. The maximum Gasteiger partial charge on any atom is 0.449 e. The summed E-state index contributed by atoms with van der Waals surface area (Å²) in [5, 5.41) is -0.160. The molecule has 5 nitrogen and oxygen atoms in total. The van der Waals surface area contributed by atoms with Gasteiger partial charge in [-0.05, 0) is 30.3 Å². The molecule has 8 heteroatoms. The monoisotopic (exact) mass is 359 g/mol. The minimum Gasteiger partial charge on any atom is -0.451 e. The fraction of sp³-hybridized carbons (Fsp3) is 0.0556. The van der Waals surface area contributed by atoms with Gasteiger partial charge in [-0.2, -0.15) is 13.2 Å². The molecule has 0 N–H and O–H groups in total. The fourth-order valence-electron chi connectivity index (χ4n) is 2.85. The Balaban J connectivity index is 1.85. The van der Waals surface area contributed by atoms with Crippen molar-refractivity contribution in [2.24, 2.45) is 0 Å². The zero-order valence-corrected chi connectivity index (χ0v) is 12.8. The summed E-state index contributed by atoms with van der Waals surface area (Å²) >= 11 is 0. The number of halogens is 3. The van der Waals surface area contributed by atoms with Gasteiger partial charge in [0, 0.05) is 6.07 Å². The third kappa shape index (κ3) is 2.30. The molecule has 0 aliphatic carbocycles. The molecule has 4 rings (SSSR count). The van der Waals surface area contributed by atoms with Crippen LogP contribution in [0.4, 0.5) is 18.9 Å². The van der Waals surface area contributed by atoms with Crippen LogP contribution < -0.4 is 10.3 Å². The summed E-state index contributed by atoms with van der Waals surface area (Å²) in [4.78, 5) is 37.9. The van der Waals surface area contributed by atoms with E-state index in [0.717, 1.165) is 11.0 Å². The van der Waals surface area contributed by atoms with Crippen LogP contribution in [0.25, 0.3) is 11.0 Å². The first kappa shape index (κ1) is 16.1. The predicted molar refractivity (Wildman–Crippen MR) is 85.1 cm³/mol. The lowest BCUT2D eigenvalue weighted by atomic mass is 10.1. The number of carbonyl (C=O) groups excluding carboxylic acids is 2. The highest BCUT2D eigenvalue weighted by Gasteiger charge is 2.37. The average Bonchev–Trinajstić information content (AvgIpc) is 2.85. The van der Waals surface area contributed by atoms with E-state index in [4.69, 9.17) is 4.42 Å². The van der Waals surface area contributed by atoms with Gasteiger partial charge in [-0.1, -0.05) is 12.1 Å². The van der Waals surface area contributed by atoms with E-state index in [1.54, 1.807) is 12.1 Å². The number of nitrogens with zero attached hydrogens (tertiary/aromatic N) is 1. The smallest absolute Gasteiger partial charge is 0.449 e. The minimum absolute atomic E-state index is 0.0794. The van der Waals surface area contributed by atoms with Crippen molar-refractivity contribution < 1.29 is 27.2 Å². The van der Waals surface area contributed by atoms with Crippen molar-refractivity contribution in [1.29, 1.82) is 0 Å². The van der Waals surface area contributed by atoms with Gasteiger partial charge in [-0.3, -0.25) is 14.4 Å². The van der Waals surface area contributed by atoms with Crippen LogP contribution in [0.15, 0.2) is 57.7 Å². The third-order valence-electron chi connectivity index (χ3n) is 4.04. The van der Waals surface area contributed by atoms with Crippen molar-refractivity contribution in [2.45, 2.75) is 6.18 Å². The number of imide groups is 1. The Hall–Kier alpha value is -3.42. The molecule has 1 aliphatic rings. The van der Waals surface area contributed by atoms with E-state index in [2.05, 4.69) is 0 Å². The van der Waals surface area contributed by atoms with E-state index in [1.165, 1.54) is 24.3 Å². The Labute approximate surface area is 143 Å². The molecule has 2 heterocycles. The van der Waals surface area contributed by atoms with Crippen molar-refractivity contribution in [3.8, 4) is 0 Å². The lowest BCUT2D eigenvalue weighted by Crippen LogP contribution is -2.29. The molecule has 0 radical (unpaired) electrons. The average molecular weight is 359 g/mol. The second kappa shape index (κ2) is 5.29. The van der Waals surface area contributed by atoms with Crippen molar-refractivity contribution in [3.05, 3.63) is 75.6 Å². The molecule has 0 saturated heterocycles. The Morgan fingerprint density at radius 2 is 1.46 bits per heavy atom. The van der Waals surface area contributed by atoms with Crippen LogP contribution in [-0.4, -0.2) is 11.8 Å². The van der Waals surface area contributed by atoms with Crippen molar-refractivity contribution in [3.63, 3.8) is 0 Å². The quantitative estimate of drug-likeness (QED) is 0.623. The number of rotatable bonds is 1. The van der Waals surface area contributed by atoms with Gasteiger partial charge >= 0.3 is 6.18 Å². The third-order valence-corrected chi connectivity index (χ3v) is 4.04. The first-order valence-electron chi connectivity index (χ1n) is 7.40. The molecule has 0 atom stereocenters. The largest absolute Gasteiger partial charge is 0.451 e. The zero-order valence-electron chi connectivity index (χ0n) is 12.8. The summed E-state index contributed by atoms with van der Waals surface area (Å²) in [6, 6.07) is 10.1. The second-order valence-corrected chi connectivity index (χ2v) is 5.64. The van der Waals surface area contributed by atoms with E-state index in [1.807, 2.05) is 0 Å². The molecular formula is C18H8F3NO4. The number of carbonyl (C=O) groups is 2. The van der Waals surface area contributed by atoms with E-state index >= 15 is 0 Å². The van der Waals surface area contributed by atoms with Gasteiger partial charge < -0.3 is 4.42 Å². The molecule has 130 valence electrons. The molecule has 0 saturated carbocycles. The summed E-state index contributed by atoms with van der Waals surface area (Å²) in [5.74, 6) is -2.55. The number of hydrogen-bond acceptors (Lipinski definition) is 4. The van der Waals surface area contributed by atoms with Crippen molar-refractivity contribution in [1.82, 2.24) is 0 Å². The van der Waals surface area contributed by atoms with Crippen molar-refractivity contribution in [2.75, 3.05) is 4.90 Å². The van der Waals surface area contributed by atoms with E-state index in [-0.39, 0.29) is 27.8 Å². The highest BCUT2D eigenvalue weighted by Crippen LogP contribution is 2.33. The van der Waals surface area contributed by atoms with Crippen LogP contribution in [0.3, 0.4) is 0 Å². The first-order valence-corrected chi connectivity index (χ1v) is 7.40. The number of benzene rings is 2. The van der Waals surface area contributed by atoms with Crippen LogP contribution in [0.2, 0.25) is 0 Å². The summed E-state index contributed by atoms with van der Waals surface area (Å²) in [6.07, 6.45) is -4.80. The lowest BCUT2D eigenvalue weighted by molar-refractivity contribution is -0.152. The van der Waals surface area contributed by atoms with Gasteiger partial charge in [-0.25, -0.2) is 4.90 Å². The van der Waals surface area contributed by atoms with Crippen LogP contribution in [0.5, 0.6) is 0 Å². The topological polar surface area (TPSA) is 67.6 Å². The van der Waals surface area contributed by atoms with Gasteiger partial charge in [0.05, 0.1) is 22.2 Å². The molecule has 0 spiro atoms. The van der Waals surface area contributed by atoms with Gasteiger partial charge in [0.2, 0.25) is 5.76 Å². The molecule has 1 aromatic heterocycles. The zero-order chi connectivity index (χ0) is 18.6. The summed E-state index contributed by atoms with van der Waals surface area (Å²) in [5.41, 5.74) is -0.688. The molecule has 2 amide bonds. The minimum atomic E-state index is -4.80. The van der Waals surface area contributed by atoms with Gasteiger partial charge in [0.15, 0.2) is 5.43 Å². The summed E-state index contributed by atoms with van der Waals surface area (Å²) < 4.78 is 43.0. The lowest BCUT2D eigenvalue weighted by Gasteiger charge is -2.14. The molecule has 26 heavy (non-hydrogen) atoms. The number of alkyl halides is 3. The van der Waals surface area contributed by atoms with E-state index in [0.29, 0.717) is 6.07 Å². The second-order valence-electron chi connectivity index (χ2n) is 5.64. The van der Waals surface area contributed by atoms with Gasteiger partial charge in [-0.15, -0.1) is 0 Å². The number of anilines is 1. The Morgan fingerprint density at radius 3 is 2.04 bits per heavy atom. The molecule has 2 aromatic carbocycles. The normalized spacial score (nSPS) is 14.2. The molecule has 0 fully saturated rings. The van der Waals surface area contributed by atoms with Crippen molar-refractivity contribution >= 4 is 28.5 Å². The first-order chi connectivity index (χ1) is 12.3. The molecule has 0 unspecified atom stereocenters. The Bertz CT molecular complexity index is 1110. The molecule has 1 aliphatic heterocycles. The summed E-state index contributed by atoms with van der Waals surface area (Å²) in [7, 11) is 0. The van der Waals surface area contributed by atoms with E-state index in [9.17, 15) is 27.6 Å². The van der Waals surface area contributed by atoms with Crippen LogP contribution in [-0.2, 0) is 6.18 Å². The van der Waals surface area contributed by atoms with Gasteiger partial charge in [0.1, 0.15) is 5.58 Å². The SMILES string of the molecule is O=C1c2ccccc2C(=O)N1c1ccc2oc(C(F)(F)F)cc(=O)c2c1. The Morgan fingerprint density at radius 1 is 0.846 bits per heavy atom. The number of amides is 2. The highest BCUT2D eigenvalue weighted by molar-refractivity contribution is 6.34. The Kier molecular flexibility index (Phi) is 3.27. The fourth-order valence-corrected chi connectivity index (χ4v) is 2.85. The summed E-state index contributed by atoms with van der Waals surface area (Å²) in [6.45, 7) is 0. The number of hydrogen-bond donors (Lipinski definition) is 0. The van der Waals surface area contributed by atoms with Crippen LogP contribution in [0.1, 0.15) is 26.5 Å². The highest BCUT2D eigenvalue weighted by atomic mass is 19.4.